The highest BCUT2D eigenvalue weighted by molar-refractivity contribution is 5.79. The minimum absolute atomic E-state index is 0.234. The number of hydrogen-bond acceptors (Lipinski definition) is 4. The van der Waals surface area contributed by atoms with Crippen LogP contribution in [0.1, 0.15) is 5.56 Å². The van der Waals surface area contributed by atoms with E-state index < -0.39 is 0 Å². The summed E-state index contributed by atoms with van der Waals surface area (Å²) in [6.07, 6.45) is 5.34. The number of aryl methyl sites for hydroxylation is 1. The third kappa shape index (κ3) is 2.56. The number of aromatic nitrogens is 3. The molecule has 0 saturated heterocycles. The summed E-state index contributed by atoms with van der Waals surface area (Å²) in [6, 6.07) is 15.2. The van der Waals surface area contributed by atoms with E-state index in [9.17, 15) is 5.11 Å². The van der Waals surface area contributed by atoms with E-state index in [0.29, 0.717) is 0 Å². The average molecular weight is 316 g/mol. The Morgan fingerprint density at radius 1 is 1.00 bits per heavy atom. The van der Waals surface area contributed by atoms with Gasteiger partial charge < -0.3 is 10.4 Å². The lowest BCUT2D eigenvalue weighted by molar-refractivity contribution is 0.475. The summed E-state index contributed by atoms with van der Waals surface area (Å²) in [6.45, 7) is 2.06. The van der Waals surface area contributed by atoms with Gasteiger partial charge in [0.25, 0.3) is 0 Å². The van der Waals surface area contributed by atoms with Crippen LogP contribution in [0.3, 0.4) is 0 Å². The lowest BCUT2D eigenvalue weighted by Crippen LogP contribution is -1.97. The molecule has 5 nitrogen and oxygen atoms in total. The smallest absolute Gasteiger partial charge is 0.157 e. The Kier molecular flexibility index (Phi) is 3.39. The molecule has 0 unspecified atom stereocenters. The van der Waals surface area contributed by atoms with Crippen LogP contribution in [0, 0.1) is 6.92 Å². The zero-order chi connectivity index (χ0) is 16.5. The van der Waals surface area contributed by atoms with E-state index in [4.69, 9.17) is 0 Å². The number of fused-ring (bicyclic) bond motifs is 1. The van der Waals surface area contributed by atoms with Crippen molar-refractivity contribution in [1.82, 2.24) is 14.4 Å². The number of nitrogens with one attached hydrogen (secondary N) is 1. The summed E-state index contributed by atoms with van der Waals surface area (Å²) in [5.41, 5.74) is 4.69. The number of hydrogen-bond donors (Lipinski definition) is 2. The van der Waals surface area contributed by atoms with Crippen molar-refractivity contribution >= 4 is 17.2 Å². The van der Waals surface area contributed by atoms with Gasteiger partial charge in [-0.1, -0.05) is 17.7 Å². The van der Waals surface area contributed by atoms with Crippen LogP contribution in [0.4, 0.5) is 11.5 Å². The van der Waals surface area contributed by atoms with E-state index in [0.717, 1.165) is 28.4 Å². The summed E-state index contributed by atoms with van der Waals surface area (Å²) in [7, 11) is 0. The molecule has 0 spiro atoms. The molecular weight excluding hydrogens is 300 g/mol. The van der Waals surface area contributed by atoms with Gasteiger partial charge in [-0.05, 0) is 43.3 Å². The van der Waals surface area contributed by atoms with Gasteiger partial charge in [0.2, 0.25) is 0 Å². The van der Waals surface area contributed by atoms with Gasteiger partial charge in [0.15, 0.2) is 5.65 Å². The fraction of sp³-hybridized carbons (Fsp3) is 0.0526. The second kappa shape index (κ2) is 5.70. The van der Waals surface area contributed by atoms with Gasteiger partial charge in [-0.2, -0.15) is 0 Å². The molecule has 24 heavy (non-hydrogen) atoms. The molecule has 2 aromatic heterocycles. The van der Waals surface area contributed by atoms with Gasteiger partial charge in [-0.25, -0.2) is 4.98 Å². The zero-order valence-electron chi connectivity index (χ0n) is 13.1. The van der Waals surface area contributed by atoms with Gasteiger partial charge in [-0.15, -0.1) is 0 Å². The molecule has 5 heteroatoms. The van der Waals surface area contributed by atoms with Crippen molar-refractivity contribution in [2.24, 2.45) is 0 Å². The number of phenolic OH excluding ortho intramolecular Hbond substituents is 1. The largest absolute Gasteiger partial charge is 0.508 e. The maximum atomic E-state index is 9.52. The maximum absolute atomic E-state index is 9.52. The van der Waals surface area contributed by atoms with Crippen LogP contribution in [0.25, 0.3) is 16.9 Å². The van der Waals surface area contributed by atoms with Crippen molar-refractivity contribution < 1.29 is 5.11 Å². The third-order valence-electron chi connectivity index (χ3n) is 3.89. The second-order valence-electron chi connectivity index (χ2n) is 5.65. The predicted octanol–water partition coefficient (Wildman–Crippen LogP) is 4.15. The molecule has 0 fully saturated rings. The number of rotatable bonds is 3. The van der Waals surface area contributed by atoms with Gasteiger partial charge in [-0.3, -0.25) is 9.38 Å². The highest BCUT2D eigenvalue weighted by Gasteiger charge is 2.14. The topological polar surface area (TPSA) is 62.5 Å². The van der Waals surface area contributed by atoms with Crippen LogP contribution < -0.4 is 5.32 Å². The van der Waals surface area contributed by atoms with Crippen LogP contribution in [0.5, 0.6) is 5.75 Å². The number of imidazole rings is 1. The number of anilines is 2. The summed E-state index contributed by atoms with van der Waals surface area (Å²) in [4.78, 5) is 8.83. The summed E-state index contributed by atoms with van der Waals surface area (Å²) in [5, 5.41) is 13.0. The molecule has 118 valence electrons. The van der Waals surface area contributed by atoms with E-state index in [2.05, 4.69) is 34.3 Å². The number of nitrogens with zero attached hydrogens (tertiary/aromatic N) is 3. The molecule has 2 heterocycles. The van der Waals surface area contributed by atoms with Crippen LogP contribution >= 0.6 is 0 Å². The van der Waals surface area contributed by atoms with E-state index in [-0.39, 0.29) is 5.75 Å². The van der Waals surface area contributed by atoms with Crippen molar-refractivity contribution in [3.05, 3.63) is 72.7 Å². The molecule has 0 aliphatic heterocycles. The first-order valence-corrected chi connectivity index (χ1v) is 7.66. The Labute approximate surface area is 139 Å². The molecular formula is C19H16N4O. The monoisotopic (exact) mass is 316 g/mol. The molecule has 0 radical (unpaired) electrons. The molecule has 4 rings (SSSR count). The van der Waals surface area contributed by atoms with Gasteiger partial charge in [0.1, 0.15) is 17.3 Å². The van der Waals surface area contributed by atoms with Crippen LogP contribution in [0.2, 0.25) is 0 Å². The maximum Gasteiger partial charge on any atom is 0.157 e. The van der Waals surface area contributed by atoms with Crippen molar-refractivity contribution in [2.45, 2.75) is 6.92 Å². The number of phenols is 1. The van der Waals surface area contributed by atoms with E-state index in [1.54, 1.807) is 24.5 Å². The molecule has 0 amide bonds. The standard InChI is InChI=1S/C19H16N4O/c1-13-2-6-15(7-3-13)21-19-18(14-4-8-16(24)9-5-14)22-17-12-20-10-11-23(17)19/h2-12,21,24H,1H3. The first kappa shape index (κ1) is 14.3. The minimum Gasteiger partial charge on any atom is -0.508 e. The van der Waals surface area contributed by atoms with Crippen LogP contribution in [0.15, 0.2) is 67.1 Å². The first-order chi connectivity index (χ1) is 11.7. The Morgan fingerprint density at radius 3 is 2.50 bits per heavy atom. The average Bonchev–Trinajstić information content (AvgIpc) is 2.96. The molecule has 4 aromatic rings. The summed E-state index contributed by atoms with van der Waals surface area (Å²) in [5.74, 6) is 1.10. The lowest BCUT2D eigenvalue weighted by atomic mass is 10.1. The molecule has 2 N–H and O–H groups in total. The van der Waals surface area contributed by atoms with E-state index in [1.807, 2.05) is 34.9 Å². The minimum atomic E-state index is 0.234. The van der Waals surface area contributed by atoms with Crippen LogP contribution in [-0.4, -0.2) is 19.5 Å². The second-order valence-corrected chi connectivity index (χ2v) is 5.65. The highest BCUT2D eigenvalue weighted by atomic mass is 16.3. The van der Waals surface area contributed by atoms with Gasteiger partial charge in [0, 0.05) is 23.6 Å². The highest BCUT2D eigenvalue weighted by Crippen LogP contribution is 2.31. The normalized spacial score (nSPS) is 10.9. The number of benzene rings is 2. The van der Waals surface area contributed by atoms with Crippen molar-refractivity contribution in [3.63, 3.8) is 0 Å². The van der Waals surface area contributed by atoms with Crippen LogP contribution in [-0.2, 0) is 0 Å². The lowest BCUT2D eigenvalue weighted by Gasteiger charge is -2.09. The fourth-order valence-corrected chi connectivity index (χ4v) is 2.62. The number of aromatic hydroxyl groups is 1. The van der Waals surface area contributed by atoms with Crippen molar-refractivity contribution in [1.29, 1.82) is 0 Å². The molecule has 0 bridgehead atoms. The first-order valence-electron chi connectivity index (χ1n) is 7.66. The Hall–Kier alpha value is -3.34. The molecule has 0 aliphatic carbocycles. The van der Waals surface area contributed by atoms with Gasteiger partial charge in [0.05, 0.1) is 6.20 Å². The molecule has 0 saturated carbocycles. The summed E-state index contributed by atoms with van der Waals surface area (Å²) >= 11 is 0. The fourth-order valence-electron chi connectivity index (χ4n) is 2.62. The van der Waals surface area contributed by atoms with Crippen molar-refractivity contribution in [2.75, 3.05) is 5.32 Å². The molecule has 0 aliphatic rings. The van der Waals surface area contributed by atoms with Gasteiger partial charge >= 0.3 is 0 Å². The van der Waals surface area contributed by atoms with E-state index in [1.165, 1.54) is 5.56 Å². The molecule has 0 atom stereocenters. The summed E-state index contributed by atoms with van der Waals surface area (Å²) < 4.78 is 1.97. The van der Waals surface area contributed by atoms with E-state index >= 15 is 0 Å². The van der Waals surface area contributed by atoms with Crippen molar-refractivity contribution in [3.8, 4) is 17.0 Å². The third-order valence-corrected chi connectivity index (χ3v) is 3.89. The quantitative estimate of drug-likeness (QED) is 0.596. The molecule has 2 aromatic carbocycles. The Morgan fingerprint density at radius 2 is 1.75 bits per heavy atom. The Balaban J connectivity index is 1.86. The Bertz CT molecular complexity index is 988. The SMILES string of the molecule is Cc1ccc(Nc2c(-c3ccc(O)cc3)nc3cnccn23)cc1. The zero-order valence-corrected chi connectivity index (χ0v) is 13.1. The predicted molar refractivity (Wildman–Crippen MR) is 94.5 cm³/mol.